The Morgan fingerprint density at radius 3 is 2.36 bits per heavy atom. The molecule has 3 aromatic carbocycles. The molecule has 210 valence electrons. The summed E-state index contributed by atoms with van der Waals surface area (Å²) in [6.45, 7) is 3.74. The van der Waals surface area contributed by atoms with Gasteiger partial charge in [-0.3, -0.25) is 9.36 Å². The molecular weight excluding hydrogens is 548 g/mol. The molecule has 6 rings (SSSR count). The molecular formula is C33H28N4O4S. The van der Waals surface area contributed by atoms with Crippen LogP contribution in [0.5, 0.6) is 5.75 Å². The lowest BCUT2D eigenvalue weighted by atomic mass is 9.96. The van der Waals surface area contributed by atoms with Gasteiger partial charge in [-0.05, 0) is 49.8 Å². The smallest absolute Gasteiger partial charge is 0.338 e. The molecule has 1 atom stereocenters. The Morgan fingerprint density at radius 1 is 1.00 bits per heavy atom. The van der Waals surface area contributed by atoms with Crippen LogP contribution in [0.3, 0.4) is 0 Å². The van der Waals surface area contributed by atoms with Crippen LogP contribution in [0, 0.1) is 0 Å². The number of thiazole rings is 1. The minimum atomic E-state index is -0.700. The number of carbonyl (C=O) groups is 1. The zero-order valence-corrected chi connectivity index (χ0v) is 24.2. The molecule has 2 aromatic heterocycles. The second-order valence-electron chi connectivity index (χ2n) is 9.65. The summed E-state index contributed by atoms with van der Waals surface area (Å²) in [6, 6.07) is 26.3. The monoisotopic (exact) mass is 576 g/mol. The van der Waals surface area contributed by atoms with E-state index in [0.717, 1.165) is 28.1 Å². The number of rotatable bonds is 7. The van der Waals surface area contributed by atoms with Crippen LogP contribution in [0.25, 0.3) is 23.0 Å². The van der Waals surface area contributed by atoms with Crippen molar-refractivity contribution in [3.63, 3.8) is 0 Å². The van der Waals surface area contributed by atoms with Gasteiger partial charge in [-0.25, -0.2) is 14.5 Å². The number of ether oxygens (including phenoxy) is 2. The Kier molecular flexibility index (Phi) is 7.41. The van der Waals surface area contributed by atoms with Gasteiger partial charge in [-0.2, -0.15) is 5.10 Å². The van der Waals surface area contributed by atoms with Crippen molar-refractivity contribution in [2.75, 3.05) is 13.7 Å². The van der Waals surface area contributed by atoms with Gasteiger partial charge in [0.25, 0.3) is 5.56 Å². The summed E-state index contributed by atoms with van der Waals surface area (Å²) in [6.07, 6.45) is 3.78. The largest absolute Gasteiger partial charge is 0.497 e. The third kappa shape index (κ3) is 4.99. The first-order chi connectivity index (χ1) is 20.5. The lowest BCUT2D eigenvalue weighted by Crippen LogP contribution is -2.39. The Morgan fingerprint density at radius 2 is 1.69 bits per heavy atom. The molecule has 0 fully saturated rings. The predicted octanol–water partition coefficient (Wildman–Crippen LogP) is 4.66. The number of allylic oxidation sites excluding steroid dienone is 1. The highest BCUT2D eigenvalue weighted by Gasteiger charge is 2.33. The Bertz CT molecular complexity index is 1970. The maximum Gasteiger partial charge on any atom is 0.338 e. The highest BCUT2D eigenvalue weighted by atomic mass is 32.1. The molecule has 1 aliphatic heterocycles. The van der Waals surface area contributed by atoms with E-state index >= 15 is 0 Å². The van der Waals surface area contributed by atoms with Crippen molar-refractivity contribution < 1.29 is 14.3 Å². The number of para-hydroxylation sites is 1. The van der Waals surface area contributed by atoms with E-state index in [1.165, 1.54) is 11.3 Å². The maximum atomic E-state index is 14.1. The van der Waals surface area contributed by atoms with Crippen molar-refractivity contribution >= 4 is 23.4 Å². The number of hydrogen-bond donors (Lipinski definition) is 0. The number of carbonyl (C=O) groups excluding carboxylic acids is 1. The van der Waals surface area contributed by atoms with Crippen LogP contribution >= 0.6 is 11.3 Å². The van der Waals surface area contributed by atoms with Crippen molar-refractivity contribution in [1.29, 1.82) is 0 Å². The van der Waals surface area contributed by atoms with Gasteiger partial charge in [0.1, 0.15) is 5.75 Å². The summed E-state index contributed by atoms with van der Waals surface area (Å²) >= 11 is 1.28. The molecule has 0 N–H and O–H groups in total. The quantitative estimate of drug-likeness (QED) is 0.263. The molecule has 8 nitrogen and oxygen atoms in total. The normalized spacial score (nSPS) is 14.8. The zero-order valence-electron chi connectivity index (χ0n) is 23.4. The Hall–Kier alpha value is -5.02. The minimum absolute atomic E-state index is 0.211. The summed E-state index contributed by atoms with van der Waals surface area (Å²) < 4.78 is 14.6. The van der Waals surface area contributed by atoms with E-state index in [1.807, 2.05) is 102 Å². The average molecular weight is 577 g/mol. The second kappa shape index (κ2) is 11.5. The minimum Gasteiger partial charge on any atom is -0.497 e. The van der Waals surface area contributed by atoms with Crippen LogP contribution in [-0.2, 0) is 9.53 Å². The van der Waals surface area contributed by atoms with Crippen molar-refractivity contribution in [3.8, 4) is 22.7 Å². The lowest BCUT2D eigenvalue weighted by Gasteiger charge is -2.24. The second-order valence-corrected chi connectivity index (χ2v) is 10.7. The van der Waals surface area contributed by atoms with Gasteiger partial charge in [0, 0.05) is 17.3 Å². The molecule has 0 bridgehead atoms. The molecule has 3 heterocycles. The van der Waals surface area contributed by atoms with Crippen LogP contribution in [0.1, 0.15) is 31.0 Å². The van der Waals surface area contributed by atoms with Gasteiger partial charge >= 0.3 is 5.97 Å². The third-order valence-electron chi connectivity index (χ3n) is 7.05. The highest BCUT2D eigenvalue weighted by Crippen LogP contribution is 2.32. The first-order valence-electron chi connectivity index (χ1n) is 13.5. The number of methoxy groups -OCH3 is 1. The Balaban J connectivity index is 1.55. The molecule has 5 aromatic rings. The van der Waals surface area contributed by atoms with Crippen molar-refractivity contribution in [2.24, 2.45) is 4.99 Å². The molecule has 0 unspecified atom stereocenters. The van der Waals surface area contributed by atoms with Crippen LogP contribution < -0.4 is 19.6 Å². The zero-order chi connectivity index (χ0) is 29.2. The predicted molar refractivity (Wildman–Crippen MR) is 162 cm³/mol. The Labute approximate surface area is 246 Å². The molecule has 42 heavy (non-hydrogen) atoms. The average Bonchev–Trinajstić information content (AvgIpc) is 3.58. The highest BCUT2D eigenvalue weighted by molar-refractivity contribution is 7.07. The van der Waals surface area contributed by atoms with E-state index in [-0.39, 0.29) is 12.2 Å². The van der Waals surface area contributed by atoms with Gasteiger partial charge in [0.2, 0.25) is 0 Å². The number of fused-ring (bicyclic) bond motifs is 1. The maximum absolute atomic E-state index is 14.1. The molecule has 0 saturated heterocycles. The number of esters is 1. The summed E-state index contributed by atoms with van der Waals surface area (Å²) in [5, 5.41) is 4.88. The van der Waals surface area contributed by atoms with E-state index in [4.69, 9.17) is 19.6 Å². The van der Waals surface area contributed by atoms with Gasteiger partial charge in [-0.1, -0.05) is 72.0 Å². The van der Waals surface area contributed by atoms with Gasteiger partial charge in [0.15, 0.2) is 4.80 Å². The van der Waals surface area contributed by atoms with Gasteiger partial charge < -0.3 is 9.47 Å². The lowest BCUT2D eigenvalue weighted by molar-refractivity contribution is -0.139. The first-order valence-corrected chi connectivity index (χ1v) is 14.3. The topological polar surface area (TPSA) is 87.7 Å². The van der Waals surface area contributed by atoms with E-state index < -0.39 is 12.0 Å². The molecule has 1 aliphatic rings. The number of nitrogens with zero attached hydrogens (tertiary/aromatic N) is 4. The van der Waals surface area contributed by atoms with Crippen LogP contribution in [0.15, 0.2) is 112 Å². The third-order valence-corrected chi connectivity index (χ3v) is 8.03. The molecule has 0 saturated carbocycles. The number of benzene rings is 3. The van der Waals surface area contributed by atoms with E-state index in [0.29, 0.717) is 26.4 Å². The summed E-state index contributed by atoms with van der Waals surface area (Å²) in [7, 11) is 1.59. The van der Waals surface area contributed by atoms with Crippen molar-refractivity contribution in [2.45, 2.75) is 19.9 Å². The summed E-state index contributed by atoms with van der Waals surface area (Å²) in [4.78, 5) is 32.5. The van der Waals surface area contributed by atoms with E-state index in [9.17, 15) is 9.59 Å². The standard InChI is InChI=1S/C33H28N4O4S/c1-4-41-32(39)28-21(2)34-33-37(30(28)23-15-17-26(40-3)18-16-23)31(38)27(42-33)19-24-20-36(25-13-9-6-10-14-25)35-29(24)22-11-7-5-8-12-22/h5-20,30H,4H2,1-3H3/b27-19-/t30-/m1/s1. The first kappa shape index (κ1) is 27.2. The van der Waals surface area contributed by atoms with E-state index in [1.54, 1.807) is 25.5 Å². The molecule has 0 radical (unpaired) electrons. The fraction of sp³-hybridized carbons (Fsp3) is 0.152. The van der Waals surface area contributed by atoms with Crippen molar-refractivity contribution in [1.82, 2.24) is 14.3 Å². The van der Waals surface area contributed by atoms with Crippen LogP contribution in [-0.4, -0.2) is 34.0 Å². The molecule has 0 amide bonds. The van der Waals surface area contributed by atoms with Gasteiger partial charge in [-0.15, -0.1) is 0 Å². The van der Waals surface area contributed by atoms with Crippen LogP contribution in [0.2, 0.25) is 0 Å². The molecule has 9 heteroatoms. The fourth-order valence-corrected chi connectivity index (χ4v) is 6.10. The van der Waals surface area contributed by atoms with Crippen LogP contribution in [0.4, 0.5) is 0 Å². The van der Waals surface area contributed by atoms with Gasteiger partial charge in [0.05, 0.1) is 46.9 Å². The van der Waals surface area contributed by atoms with Crippen molar-refractivity contribution in [3.05, 3.63) is 133 Å². The fourth-order valence-electron chi connectivity index (χ4n) is 5.06. The number of aromatic nitrogens is 3. The number of hydrogen-bond acceptors (Lipinski definition) is 7. The molecule has 0 aliphatic carbocycles. The molecule has 0 spiro atoms. The summed E-state index contributed by atoms with van der Waals surface area (Å²) in [5.41, 5.74) is 4.74. The SMILES string of the molecule is CCOC(=O)C1=C(C)N=c2s/c(=C\c3cn(-c4ccccc4)nc3-c3ccccc3)c(=O)n2[C@@H]1c1ccc(OC)cc1. The van der Waals surface area contributed by atoms with E-state index in [2.05, 4.69) is 0 Å². The summed E-state index contributed by atoms with van der Waals surface area (Å²) in [5.74, 6) is 0.178.